The number of rotatable bonds is 7. The maximum Gasteiger partial charge on any atom is 0.222 e. The van der Waals surface area contributed by atoms with E-state index in [-0.39, 0.29) is 18.6 Å². The number of fused-ring (bicyclic) bond motifs is 1. The fourth-order valence-corrected chi connectivity index (χ4v) is 2.51. The van der Waals surface area contributed by atoms with Crippen LogP contribution in [0.2, 0.25) is 0 Å². The van der Waals surface area contributed by atoms with Gasteiger partial charge in [0, 0.05) is 18.0 Å². The Morgan fingerprint density at radius 2 is 2.05 bits per heavy atom. The van der Waals surface area contributed by atoms with Gasteiger partial charge in [0.25, 0.3) is 0 Å². The molecule has 0 radical (unpaired) electrons. The zero-order valence-electron chi connectivity index (χ0n) is 12.8. The number of aromatic nitrogens is 2. The number of hydrogen-bond acceptors (Lipinski definition) is 5. The van der Waals surface area contributed by atoms with Crippen LogP contribution < -0.4 is 11.1 Å². The van der Waals surface area contributed by atoms with Gasteiger partial charge in [0.1, 0.15) is 5.82 Å². The lowest BCUT2D eigenvalue weighted by molar-refractivity contribution is 0.276. The summed E-state index contributed by atoms with van der Waals surface area (Å²) in [4.78, 5) is 8.64. The summed E-state index contributed by atoms with van der Waals surface area (Å²) < 4.78 is 0. The van der Waals surface area contributed by atoms with Crippen molar-refractivity contribution in [1.29, 1.82) is 0 Å². The van der Waals surface area contributed by atoms with Gasteiger partial charge >= 0.3 is 0 Å². The molecule has 21 heavy (non-hydrogen) atoms. The summed E-state index contributed by atoms with van der Waals surface area (Å²) in [5.41, 5.74) is 7.90. The van der Waals surface area contributed by atoms with Crippen LogP contribution in [0.25, 0.3) is 10.9 Å². The molecule has 0 amide bonds. The van der Waals surface area contributed by atoms with Gasteiger partial charge in [-0.05, 0) is 37.0 Å². The normalized spacial score (nSPS) is 12.5. The van der Waals surface area contributed by atoms with E-state index < -0.39 is 0 Å². The van der Waals surface area contributed by atoms with E-state index in [1.807, 2.05) is 6.07 Å². The van der Waals surface area contributed by atoms with Gasteiger partial charge in [0.2, 0.25) is 5.95 Å². The molecule has 0 aliphatic carbocycles. The molecule has 5 nitrogen and oxygen atoms in total. The highest BCUT2D eigenvalue weighted by Crippen LogP contribution is 2.24. The van der Waals surface area contributed by atoms with Crippen molar-refractivity contribution in [2.45, 2.75) is 45.6 Å². The number of benzene rings is 1. The lowest BCUT2D eigenvalue weighted by atomic mass is 10.1. The van der Waals surface area contributed by atoms with E-state index in [9.17, 15) is 5.11 Å². The van der Waals surface area contributed by atoms with Crippen LogP contribution >= 0.6 is 0 Å². The molecule has 1 heterocycles. The van der Waals surface area contributed by atoms with Crippen molar-refractivity contribution in [1.82, 2.24) is 9.97 Å². The second kappa shape index (κ2) is 7.22. The smallest absolute Gasteiger partial charge is 0.222 e. The average Bonchev–Trinajstić information content (AvgIpc) is 2.47. The number of anilines is 2. The molecule has 4 N–H and O–H groups in total. The van der Waals surface area contributed by atoms with Crippen LogP contribution in [0.3, 0.4) is 0 Å². The van der Waals surface area contributed by atoms with Crippen molar-refractivity contribution in [2.24, 2.45) is 0 Å². The van der Waals surface area contributed by atoms with E-state index in [4.69, 9.17) is 5.73 Å². The summed E-state index contributed by atoms with van der Waals surface area (Å²) in [6, 6.07) is 6.36. The summed E-state index contributed by atoms with van der Waals surface area (Å²) >= 11 is 0. The Labute approximate surface area is 125 Å². The van der Waals surface area contributed by atoms with E-state index in [2.05, 4.69) is 41.3 Å². The fraction of sp³-hybridized carbons (Fsp3) is 0.500. The first-order valence-electron chi connectivity index (χ1n) is 7.61. The van der Waals surface area contributed by atoms with Gasteiger partial charge in [0.05, 0.1) is 5.52 Å². The van der Waals surface area contributed by atoms with Gasteiger partial charge in [0.15, 0.2) is 0 Å². The van der Waals surface area contributed by atoms with Crippen molar-refractivity contribution in [3.63, 3.8) is 0 Å². The zero-order valence-corrected chi connectivity index (χ0v) is 12.8. The van der Waals surface area contributed by atoms with Crippen LogP contribution in [0.15, 0.2) is 18.2 Å². The molecular weight excluding hydrogens is 264 g/mol. The second-order valence-electron chi connectivity index (χ2n) is 5.28. The van der Waals surface area contributed by atoms with Crippen LogP contribution in [-0.4, -0.2) is 27.7 Å². The van der Waals surface area contributed by atoms with Crippen molar-refractivity contribution in [3.05, 3.63) is 23.8 Å². The van der Waals surface area contributed by atoms with Crippen molar-refractivity contribution in [3.8, 4) is 0 Å². The Bertz CT molecular complexity index is 594. The predicted molar refractivity (Wildman–Crippen MR) is 87.3 cm³/mol. The van der Waals surface area contributed by atoms with Crippen molar-refractivity contribution >= 4 is 22.7 Å². The van der Waals surface area contributed by atoms with Crippen LogP contribution in [0, 0.1) is 0 Å². The van der Waals surface area contributed by atoms with Crippen LogP contribution in [0.5, 0.6) is 0 Å². The molecule has 0 spiro atoms. The van der Waals surface area contributed by atoms with Crippen molar-refractivity contribution < 1.29 is 5.11 Å². The minimum Gasteiger partial charge on any atom is -0.396 e. The molecule has 0 aliphatic rings. The first-order valence-corrected chi connectivity index (χ1v) is 7.61. The monoisotopic (exact) mass is 288 g/mol. The minimum atomic E-state index is 0.163. The molecule has 0 aliphatic heterocycles. The Morgan fingerprint density at radius 1 is 1.24 bits per heavy atom. The summed E-state index contributed by atoms with van der Waals surface area (Å²) in [6.45, 7) is 4.42. The Morgan fingerprint density at radius 3 is 2.71 bits per heavy atom. The average molecular weight is 288 g/mol. The Balaban J connectivity index is 2.40. The summed E-state index contributed by atoms with van der Waals surface area (Å²) in [6.07, 6.45) is 3.71. The highest BCUT2D eigenvalue weighted by Gasteiger charge is 2.12. The Hall–Kier alpha value is -1.88. The molecule has 1 aromatic carbocycles. The van der Waals surface area contributed by atoms with Crippen LogP contribution in [0.1, 0.15) is 38.7 Å². The number of nitrogen functional groups attached to an aromatic ring is 1. The molecular formula is C16H24N4O. The number of nitrogens with one attached hydrogen (secondary N) is 1. The highest BCUT2D eigenvalue weighted by atomic mass is 16.3. The first-order chi connectivity index (χ1) is 10.2. The summed E-state index contributed by atoms with van der Waals surface area (Å²) in [5.74, 6) is 1.04. The van der Waals surface area contributed by atoms with Gasteiger partial charge in [-0.25, -0.2) is 4.98 Å². The van der Waals surface area contributed by atoms with E-state index in [1.54, 1.807) is 0 Å². The largest absolute Gasteiger partial charge is 0.396 e. The van der Waals surface area contributed by atoms with Crippen LogP contribution in [-0.2, 0) is 6.42 Å². The van der Waals surface area contributed by atoms with Crippen molar-refractivity contribution in [2.75, 3.05) is 17.7 Å². The fourth-order valence-electron chi connectivity index (χ4n) is 2.51. The molecule has 0 saturated heterocycles. The lowest BCUT2D eigenvalue weighted by Gasteiger charge is -2.19. The maximum absolute atomic E-state index is 9.19. The van der Waals surface area contributed by atoms with Gasteiger partial charge in [-0.1, -0.05) is 26.3 Å². The number of aliphatic hydroxyl groups is 1. The molecule has 1 atom stereocenters. The highest BCUT2D eigenvalue weighted by molar-refractivity contribution is 5.90. The van der Waals surface area contributed by atoms with Gasteiger partial charge in [-0.15, -0.1) is 0 Å². The van der Waals surface area contributed by atoms with E-state index in [0.29, 0.717) is 6.42 Å². The standard InChI is InChI=1S/C16H24N4O/c1-3-5-12(8-9-21)18-15-13-10-11(4-2)6-7-14(13)19-16(17)20-15/h6-7,10,12,21H,3-5,8-9H2,1-2H3,(H3,17,18,19,20)/t12-/m0/s1. The predicted octanol–water partition coefficient (Wildman–Crippen LogP) is 2.74. The zero-order chi connectivity index (χ0) is 15.2. The molecule has 5 heteroatoms. The molecule has 0 bridgehead atoms. The summed E-state index contributed by atoms with van der Waals surface area (Å²) in [7, 11) is 0. The Kier molecular flexibility index (Phi) is 5.33. The number of aliphatic hydroxyl groups excluding tert-OH is 1. The SMILES string of the molecule is CCC[C@@H](CCO)Nc1nc(N)nc2ccc(CC)cc12. The lowest BCUT2D eigenvalue weighted by Crippen LogP contribution is -2.22. The molecule has 2 aromatic rings. The third-order valence-corrected chi connectivity index (χ3v) is 3.64. The third kappa shape index (κ3) is 3.82. The van der Waals surface area contributed by atoms with E-state index in [1.165, 1.54) is 5.56 Å². The first kappa shape index (κ1) is 15.5. The number of nitrogens with two attached hydrogens (primary N) is 1. The summed E-state index contributed by atoms with van der Waals surface area (Å²) in [5, 5.41) is 13.6. The molecule has 1 aromatic heterocycles. The van der Waals surface area contributed by atoms with Gasteiger partial charge in [-0.2, -0.15) is 4.98 Å². The van der Waals surface area contributed by atoms with Gasteiger partial charge < -0.3 is 16.2 Å². The van der Waals surface area contributed by atoms with Crippen LogP contribution in [0.4, 0.5) is 11.8 Å². The van der Waals surface area contributed by atoms with Gasteiger partial charge in [-0.3, -0.25) is 0 Å². The van der Waals surface area contributed by atoms with E-state index >= 15 is 0 Å². The molecule has 0 saturated carbocycles. The molecule has 0 unspecified atom stereocenters. The number of hydrogen-bond donors (Lipinski definition) is 3. The molecule has 114 valence electrons. The van der Waals surface area contributed by atoms with E-state index in [0.717, 1.165) is 36.0 Å². The third-order valence-electron chi connectivity index (χ3n) is 3.64. The maximum atomic E-state index is 9.19. The number of nitrogens with zero attached hydrogens (tertiary/aromatic N) is 2. The molecule has 0 fully saturated rings. The number of aryl methyl sites for hydroxylation is 1. The minimum absolute atomic E-state index is 0.163. The topological polar surface area (TPSA) is 84.1 Å². The molecule has 2 rings (SSSR count). The quantitative estimate of drug-likeness (QED) is 0.729. The second-order valence-corrected chi connectivity index (χ2v) is 5.28.